The number of nitrogens with zero attached hydrogens (tertiary/aromatic N) is 7. The van der Waals surface area contributed by atoms with Crippen LogP contribution < -0.4 is 10.9 Å². The van der Waals surface area contributed by atoms with Gasteiger partial charge in [0.25, 0.3) is 11.5 Å². The van der Waals surface area contributed by atoms with Crippen molar-refractivity contribution in [3.63, 3.8) is 0 Å². The number of nitriles is 1. The molecule has 10 atom stereocenters. The molecule has 3 aliphatic rings. The molecule has 1 amide bonds. The van der Waals surface area contributed by atoms with E-state index in [2.05, 4.69) is 70.2 Å². The fourth-order valence-corrected chi connectivity index (χ4v) is 13.9. The van der Waals surface area contributed by atoms with Crippen LogP contribution in [-0.4, -0.2) is 118 Å². The maximum absolute atomic E-state index is 15.7. The van der Waals surface area contributed by atoms with Gasteiger partial charge in [-0.25, -0.2) is 24.3 Å². The Hall–Kier alpha value is -3.59. The maximum Gasteiger partial charge on any atom is 0.327 e. The number of benzene rings is 1. The molecule has 1 aromatic carbocycles. The third-order valence-electron chi connectivity index (χ3n) is 13.6. The third-order valence-corrected chi connectivity index (χ3v) is 26.4. The Balaban J connectivity index is 1.23. The minimum atomic E-state index is -4.40. The van der Waals surface area contributed by atoms with Crippen LogP contribution in [0.25, 0.3) is 22.2 Å². The van der Waals surface area contributed by atoms with E-state index in [0.29, 0.717) is 5.56 Å². The Morgan fingerprint density at radius 1 is 0.915 bits per heavy atom. The zero-order chi connectivity index (χ0) is 51.5. The van der Waals surface area contributed by atoms with Gasteiger partial charge in [0.2, 0.25) is 0 Å². The topological polar surface area (TPSA) is 250 Å². The van der Waals surface area contributed by atoms with Crippen LogP contribution in [0, 0.1) is 17.1 Å². The molecule has 8 rings (SSSR count). The zero-order valence-electron chi connectivity index (χ0n) is 40.8. The van der Waals surface area contributed by atoms with Crippen LogP contribution in [-0.2, 0) is 64.6 Å². The Kier molecular flexibility index (Phi) is 15.3. The maximum atomic E-state index is 15.7. The lowest BCUT2D eigenvalue weighted by molar-refractivity contribution is -0.0614. The molecule has 3 N–H and O–H groups in total. The second-order valence-corrected chi connectivity index (χ2v) is 35.7. The molecule has 28 heteroatoms. The van der Waals surface area contributed by atoms with Gasteiger partial charge in [-0.2, -0.15) is 5.26 Å². The van der Waals surface area contributed by atoms with Crippen molar-refractivity contribution in [1.82, 2.24) is 34.1 Å². The lowest BCUT2D eigenvalue weighted by Gasteiger charge is -2.41. The summed E-state index contributed by atoms with van der Waals surface area (Å²) in [5, 5.41) is 11.4. The monoisotopic (exact) mass is 1090 g/mol. The number of rotatable bonds is 11. The van der Waals surface area contributed by atoms with Crippen LogP contribution in [0.3, 0.4) is 0 Å². The minimum Gasteiger partial charge on any atom is -0.408 e. The molecule has 0 aliphatic carbocycles. The number of hydrogen-bond donors (Lipinski definition) is 3. The van der Waals surface area contributed by atoms with Gasteiger partial charge in [0, 0.05) is 11.8 Å². The molecule has 6 unspecified atom stereocenters. The number of amides is 1. The van der Waals surface area contributed by atoms with Crippen molar-refractivity contribution in [1.29, 1.82) is 5.26 Å². The third kappa shape index (κ3) is 11.1. The fraction of sp³-hybridized carbons (Fsp3) is 0.558. The average Bonchev–Trinajstić information content (AvgIpc) is 4.04. The van der Waals surface area contributed by atoms with E-state index in [1.807, 2.05) is 33.9 Å². The van der Waals surface area contributed by atoms with Crippen molar-refractivity contribution in [2.45, 2.75) is 133 Å². The molecular weight excluding hydrogens is 1040 g/mol. The number of imidazole rings is 1. The molecule has 3 fully saturated rings. The lowest BCUT2D eigenvalue weighted by atomic mass is 10.1. The summed E-state index contributed by atoms with van der Waals surface area (Å²) in [5.41, 5.74) is 0.103. The number of aromatic amines is 1. The quantitative estimate of drug-likeness (QED) is 0.0650. The summed E-state index contributed by atoms with van der Waals surface area (Å²) in [5.74, 6) is -1.16. The number of fused-ring (bicyclic) bond motifs is 5. The summed E-state index contributed by atoms with van der Waals surface area (Å²) in [6.45, 7) is 11.0. The summed E-state index contributed by atoms with van der Waals surface area (Å²) in [7, 11) is -5.57. The Morgan fingerprint density at radius 2 is 1.58 bits per heavy atom. The van der Waals surface area contributed by atoms with Gasteiger partial charge in [-0.05, 0) is 72.0 Å². The molecule has 5 aromatic rings. The van der Waals surface area contributed by atoms with Gasteiger partial charge >= 0.3 is 13.4 Å². The summed E-state index contributed by atoms with van der Waals surface area (Å²) in [6, 6.07) is 10.7. The first-order valence-electron chi connectivity index (χ1n) is 22.8. The van der Waals surface area contributed by atoms with Crippen molar-refractivity contribution >= 4 is 87.6 Å². The number of carbonyl (C=O) groups excluding carboxylic acids is 1. The second kappa shape index (κ2) is 20.3. The standard InChI is InChI=1S/C43H58FN9O12P2S2Si2/c1-42(2,3)70(7,8)64-32-28-21-59-67(69,57-18-14-17-45)63-31-27(20-58-66(56,68)62-33(32)40(61-28)52-19-26(44)29-36(52)47-23-49-39(29)55)60-41(34(31)65-71(9,10)43(4,5)6)53-24-50-30-35(46-22-48-37(30)53)51-38(54)25-15-12-11-13-16-25/h11-13,15-16,19,22-24,27-28,31-34,40-41H,14,18,20-21H2,1-10H3,(H,56,68)(H,47,49,55)(H,46,48,51,54)/t27?,28?,31-,32?,33-,34?,40-,41-,66?,67?/m1/s1. The van der Waals surface area contributed by atoms with Gasteiger partial charge in [-0.15, -0.1) is 0 Å². The Bertz CT molecular complexity index is 2990. The smallest absolute Gasteiger partial charge is 0.327 e. The van der Waals surface area contributed by atoms with Crippen LogP contribution in [0.1, 0.15) is 70.8 Å². The first kappa shape index (κ1) is 53.7. The summed E-state index contributed by atoms with van der Waals surface area (Å²) in [4.78, 5) is 58.6. The normalized spacial score (nSPS) is 29.0. The molecule has 384 valence electrons. The Labute approximate surface area is 421 Å². The van der Waals surface area contributed by atoms with E-state index in [4.69, 9.17) is 64.6 Å². The van der Waals surface area contributed by atoms with Gasteiger partial charge < -0.3 is 51.7 Å². The van der Waals surface area contributed by atoms with Crippen molar-refractivity contribution in [2.75, 3.05) is 25.1 Å². The number of anilines is 1. The second-order valence-electron chi connectivity index (χ2n) is 20.4. The van der Waals surface area contributed by atoms with Gasteiger partial charge in [-0.1, -0.05) is 59.7 Å². The van der Waals surface area contributed by atoms with E-state index in [1.54, 1.807) is 34.9 Å². The first-order valence-corrected chi connectivity index (χ1v) is 33.7. The molecule has 21 nitrogen and oxygen atoms in total. The number of ether oxygens (including phenoxy) is 2. The summed E-state index contributed by atoms with van der Waals surface area (Å²) < 4.78 is 78.9. The van der Waals surface area contributed by atoms with E-state index >= 15 is 4.39 Å². The first-order chi connectivity index (χ1) is 33.2. The van der Waals surface area contributed by atoms with Gasteiger partial charge in [0.1, 0.15) is 48.3 Å². The number of carbonyl (C=O) groups is 1. The number of nitrogens with one attached hydrogen (secondary N) is 2. The highest BCUT2D eigenvalue weighted by molar-refractivity contribution is 8.07. The number of aromatic nitrogens is 7. The molecule has 3 aliphatic heterocycles. The predicted octanol–water partition coefficient (Wildman–Crippen LogP) is 7.72. The van der Waals surface area contributed by atoms with Crippen LogP contribution in [0.15, 0.2) is 60.3 Å². The fourth-order valence-electron chi connectivity index (χ4n) is 7.78. The lowest BCUT2D eigenvalue weighted by Crippen LogP contribution is -2.50. The molecule has 0 spiro atoms. The van der Waals surface area contributed by atoms with E-state index < -0.39 is 103 Å². The summed E-state index contributed by atoms with van der Waals surface area (Å²) in [6.07, 6.45) is -4.44. The van der Waals surface area contributed by atoms with E-state index in [-0.39, 0.29) is 57.7 Å². The van der Waals surface area contributed by atoms with Crippen molar-refractivity contribution < 1.29 is 55.0 Å². The molecule has 0 saturated carbocycles. The van der Waals surface area contributed by atoms with E-state index in [1.165, 1.54) is 17.2 Å². The molecule has 2 bridgehead atoms. The van der Waals surface area contributed by atoms with Crippen LogP contribution in [0.4, 0.5) is 10.2 Å². The van der Waals surface area contributed by atoms with Gasteiger partial charge in [-0.3, -0.25) is 23.2 Å². The minimum absolute atomic E-state index is 0.0733. The molecular formula is C43H58FN9O12P2S2Si2. The SMILES string of the molecule is CC(C)(C)[Si](C)(C)OC1C2COP(=S)(OCCC#N)O[C@@H]3C(COP(O)(=S)O[C@H]1[C@H](n1cc(F)c4c(=O)[nH]cnc41)O2)O[C@@H](n1cnc2c(NC(=O)c4ccccc4)ncnc21)C3O[Si](C)(C)C(C)(C)C. The molecule has 0 radical (unpaired) electrons. The number of hydrogen-bond acceptors (Lipinski definition) is 18. The highest BCUT2D eigenvalue weighted by Crippen LogP contribution is 2.58. The highest BCUT2D eigenvalue weighted by atomic mass is 32.5. The van der Waals surface area contributed by atoms with Crippen molar-refractivity contribution in [2.24, 2.45) is 0 Å². The van der Waals surface area contributed by atoms with Gasteiger partial charge in [0.05, 0.1) is 45.0 Å². The average molecular weight is 1090 g/mol. The van der Waals surface area contributed by atoms with Crippen LogP contribution in [0.5, 0.6) is 0 Å². The van der Waals surface area contributed by atoms with E-state index in [9.17, 15) is 19.7 Å². The molecule has 3 saturated heterocycles. The highest BCUT2D eigenvalue weighted by Gasteiger charge is 2.57. The van der Waals surface area contributed by atoms with Crippen LogP contribution >= 0.6 is 13.4 Å². The van der Waals surface area contributed by atoms with E-state index in [0.717, 1.165) is 12.5 Å². The largest absolute Gasteiger partial charge is 0.408 e. The van der Waals surface area contributed by atoms with Gasteiger partial charge in [0.15, 0.2) is 57.5 Å². The predicted molar refractivity (Wildman–Crippen MR) is 271 cm³/mol. The number of H-pyrrole nitrogens is 1. The molecule has 4 aromatic heterocycles. The van der Waals surface area contributed by atoms with Crippen LogP contribution in [0.2, 0.25) is 36.3 Å². The van der Waals surface area contributed by atoms with Crippen molar-refractivity contribution in [3.8, 4) is 6.07 Å². The zero-order valence-corrected chi connectivity index (χ0v) is 46.2. The Morgan fingerprint density at radius 3 is 2.25 bits per heavy atom. The van der Waals surface area contributed by atoms with Crippen molar-refractivity contribution in [3.05, 3.63) is 77.2 Å². The summed E-state index contributed by atoms with van der Waals surface area (Å²) >= 11 is 12.0. The molecule has 71 heavy (non-hydrogen) atoms. The number of halogens is 1. The molecule has 7 heterocycles.